The minimum atomic E-state index is -2.87. The van der Waals surface area contributed by atoms with Crippen LogP contribution in [-0.2, 0) is 14.6 Å². The van der Waals surface area contributed by atoms with E-state index in [0.717, 1.165) is 24.4 Å². The summed E-state index contributed by atoms with van der Waals surface area (Å²) in [6.07, 6.45) is 4.10. The van der Waals surface area contributed by atoms with Gasteiger partial charge in [0.25, 0.3) is 0 Å². The Balaban J connectivity index is 1.54. The molecular weight excluding hydrogens is 352 g/mol. The standard InChI is InChI=1S/C19H26N2O4S/c1-2-25-18-6-4-3-5-16(18)7-8-19(22)21-12-10-20(11-13-21)17-9-14-26(23,24)15-17/h3-8,17H,2,9-15H2,1H3/b8-7+/t17-/m1/s1. The van der Waals surface area contributed by atoms with Crippen molar-refractivity contribution in [3.63, 3.8) is 0 Å². The molecule has 142 valence electrons. The highest BCUT2D eigenvalue weighted by atomic mass is 32.2. The van der Waals surface area contributed by atoms with Crippen molar-refractivity contribution in [2.75, 3.05) is 44.3 Å². The number of benzene rings is 1. The molecule has 2 aliphatic heterocycles. The SMILES string of the molecule is CCOc1ccccc1/C=C/C(=O)N1CCN([C@@H]2CCS(=O)(=O)C2)CC1. The summed E-state index contributed by atoms with van der Waals surface area (Å²) in [7, 11) is -2.87. The zero-order valence-corrected chi connectivity index (χ0v) is 16.0. The fourth-order valence-corrected chi connectivity index (χ4v) is 5.30. The predicted molar refractivity (Wildman–Crippen MR) is 102 cm³/mol. The van der Waals surface area contributed by atoms with Gasteiger partial charge in [-0.25, -0.2) is 8.42 Å². The Morgan fingerprint density at radius 2 is 1.96 bits per heavy atom. The summed E-state index contributed by atoms with van der Waals surface area (Å²) in [5, 5.41) is 0. The molecule has 2 aliphatic rings. The van der Waals surface area contributed by atoms with Crippen molar-refractivity contribution < 1.29 is 17.9 Å². The van der Waals surface area contributed by atoms with E-state index in [2.05, 4.69) is 4.90 Å². The van der Waals surface area contributed by atoms with Crippen LogP contribution in [0.5, 0.6) is 5.75 Å². The summed E-state index contributed by atoms with van der Waals surface area (Å²) in [5.41, 5.74) is 0.887. The van der Waals surface area contributed by atoms with E-state index in [0.29, 0.717) is 31.9 Å². The fraction of sp³-hybridized carbons (Fsp3) is 0.526. The van der Waals surface area contributed by atoms with Crippen molar-refractivity contribution in [3.8, 4) is 5.75 Å². The third-order valence-electron chi connectivity index (χ3n) is 4.98. The van der Waals surface area contributed by atoms with Gasteiger partial charge in [0, 0.05) is 43.9 Å². The normalized spacial score (nSPS) is 23.4. The molecule has 1 aromatic rings. The number of hydrogen-bond donors (Lipinski definition) is 0. The molecule has 1 aromatic carbocycles. The molecular formula is C19H26N2O4S. The second kappa shape index (κ2) is 8.22. The monoisotopic (exact) mass is 378 g/mol. The van der Waals surface area contributed by atoms with Gasteiger partial charge in [0.15, 0.2) is 9.84 Å². The molecule has 0 N–H and O–H groups in total. The minimum Gasteiger partial charge on any atom is -0.493 e. The summed E-state index contributed by atoms with van der Waals surface area (Å²) in [5.74, 6) is 1.30. The van der Waals surface area contributed by atoms with E-state index in [9.17, 15) is 13.2 Å². The largest absolute Gasteiger partial charge is 0.493 e. The lowest BCUT2D eigenvalue weighted by Crippen LogP contribution is -2.52. The van der Waals surface area contributed by atoms with Gasteiger partial charge in [-0.15, -0.1) is 0 Å². The number of carbonyl (C=O) groups excluding carboxylic acids is 1. The molecule has 3 rings (SSSR count). The minimum absolute atomic E-state index is 0.0185. The third kappa shape index (κ3) is 4.65. The Labute approximate surface area is 155 Å². The molecule has 0 spiro atoms. The first-order chi connectivity index (χ1) is 12.5. The van der Waals surface area contributed by atoms with Crippen LogP contribution >= 0.6 is 0 Å². The van der Waals surface area contributed by atoms with Gasteiger partial charge in [0.2, 0.25) is 5.91 Å². The van der Waals surface area contributed by atoms with E-state index in [1.165, 1.54) is 0 Å². The van der Waals surface area contributed by atoms with Crippen molar-refractivity contribution in [3.05, 3.63) is 35.9 Å². The van der Waals surface area contributed by atoms with Gasteiger partial charge in [0.1, 0.15) is 5.75 Å². The van der Waals surface area contributed by atoms with Gasteiger partial charge in [-0.1, -0.05) is 18.2 Å². The van der Waals surface area contributed by atoms with Crippen LogP contribution in [0, 0.1) is 0 Å². The van der Waals surface area contributed by atoms with E-state index in [1.807, 2.05) is 36.1 Å². The highest BCUT2D eigenvalue weighted by molar-refractivity contribution is 7.91. The van der Waals surface area contributed by atoms with Crippen LogP contribution in [0.2, 0.25) is 0 Å². The van der Waals surface area contributed by atoms with Gasteiger partial charge in [-0.05, 0) is 25.5 Å². The molecule has 0 unspecified atom stereocenters. The maximum atomic E-state index is 12.5. The summed E-state index contributed by atoms with van der Waals surface area (Å²) in [6.45, 7) is 5.24. The molecule has 6 nitrogen and oxygen atoms in total. The average molecular weight is 378 g/mol. The number of amides is 1. The zero-order chi connectivity index (χ0) is 18.6. The van der Waals surface area contributed by atoms with Crippen LogP contribution in [-0.4, -0.2) is 74.5 Å². The predicted octanol–water partition coefficient (Wildman–Crippen LogP) is 1.43. The Morgan fingerprint density at radius 3 is 2.62 bits per heavy atom. The number of para-hydroxylation sites is 1. The quantitative estimate of drug-likeness (QED) is 0.725. The third-order valence-corrected chi connectivity index (χ3v) is 6.73. The number of nitrogens with zero attached hydrogens (tertiary/aromatic N) is 2. The van der Waals surface area contributed by atoms with Gasteiger partial charge in [0.05, 0.1) is 18.1 Å². The van der Waals surface area contributed by atoms with Crippen molar-refractivity contribution >= 4 is 21.8 Å². The first kappa shape index (κ1) is 18.9. The van der Waals surface area contributed by atoms with Gasteiger partial charge < -0.3 is 9.64 Å². The van der Waals surface area contributed by atoms with Crippen molar-refractivity contribution in [2.24, 2.45) is 0 Å². The number of rotatable bonds is 5. The number of hydrogen-bond acceptors (Lipinski definition) is 5. The second-order valence-corrected chi connectivity index (χ2v) is 8.95. The highest BCUT2D eigenvalue weighted by Crippen LogP contribution is 2.21. The molecule has 0 saturated carbocycles. The second-order valence-electron chi connectivity index (χ2n) is 6.72. The van der Waals surface area contributed by atoms with E-state index < -0.39 is 9.84 Å². The maximum Gasteiger partial charge on any atom is 0.246 e. The van der Waals surface area contributed by atoms with Gasteiger partial charge >= 0.3 is 0 Å². The first-order valence-electron chi connectivity index (χ1n) is 9.12. The van der Waals surface area contributed by atoms with Crippen LogP contribution in [0.3, 0.4) is 0 Å². The van der Waals surface area contributed by atoms with E-state index >= 15 is 0 Å². The highest BCUT2D eigenvalue weighted by Gasteiger charge is 2.34. The Morgan fingerprint density at radius 1 is 1.23 bits per heavy atom. The lowest BCUT2D eigenvalue weighted by atomic mass is 10.1. The number of ether oxygens (including phenoxy) is 1. The molecule has 0 aliphatic carbocycles. The molecule has 1 amide bonds. The zero-order valence-electron chi connectivity index (χ0n) is 15.1. The summed E-state index contributed by atoms with van der Waals surface area (Å²) in [4.78, 5) is 16.5. The number of carbonyl (C=O) groups is 1. The molecule has 7 heteroatoms. The summed E-state index contributed by atoms with van der Waals surface area (Å²) in [6, 6.07) is 7.76. The Hall–Kier alpha value is -1.86. The van der Waals surface area contributed by atoms with E-state index in [1.54, 1.807) is 12.2 Å². The summed E-state index contributed by atoms with van der Waals surface area (Å²) >= 11 is 0. The number of piperazine rings is 1. The van der Waals surface area contributed by atoms with Crippen LogP contribution in [0.4, 0.5) is 0 Å². The molecule has 2 fully saturated rings. The Bertz CT molecular complexity index is 767. The topological polar surface area (TPSA) is 66.9 Å². The van der Waals surface area contributed by atoms with Gasteiger partial charge in [-0.2, -0.15) is 0 Å². The van der Waals surface area contributed by atoms with Crippen molar-refractivity contribution in [1.29, 1.82) is 0 Å². The van der Waals surface area contributed by atoms with Crippen LogP contribution in [0.25, 0.3) is 6.08 Å². The van der Waals surface area contributed by atoms with E-state index in [-0.39, 0.29) is 17.7 Å². The van der Waals surface area contributed by atoms with Gasteiger partial charge in [-0.3, -0.25) is 9.69 Å². The fourth-order valence-electron chi connectivity index (χ4n) is 3.54. The molecule has 0 bridgehead atoms. The maximum absolute atomic E-state index is 12.5. The van der Waals surface area contributed by atoms with Crippen LogP contribution in [0.1, 0.15) is 18.9 Å². The smallest absolute Gasteiger partial charge is 0.246 e. The first-order valence-corrected chi connectivity index (χ1v) is 10.9. The number of sulfone groups is 1. The average Bonchev–Trinajstić information content (AvgIpc) is 3.01. The lowest BCUT2D eigenvalue weighted by molar-refractivity contribution is -0.127. The van der Waals surface area contributed by atoms with Crippen LogP contribution in [0.15, 0.2) is 30.3 Å². The lowest BCUT2D eigenvalue weighted by Gasteiger charge is -2.37. The van der Waals surface area contributed by atoms with Crippen LogP contribution < -0.4 is 4.74 Å². The van der Waals surface area contributed by atoms with Crippen molar-refractivity contribution in [2.45, 2.75) is 19.4 Å². The molecule has 0 aromatic heterocycles. The molecule has 1 atom stereocenters. The van der Waals surface area contributed by atoms with Crippen molar-refractivity contribution in [1.82, 2.24) is 9.80 Å². The Kier molecular flexibility index (Phi) is 5.98. The van der Waals surface area contributed by atoms with E-state index in [4.69, 9.17) is 4.74 Å². The molecule has 2 heterocycles. The molecule has 26 heavy (non-hydrogen) atoms. The molecule has 2 saturated heterocycles. The molecule has 0 radical (unpaired) electrons. The summed E-state index contributed by atoms with van der Waals surface area (Å²) < 4.78 is 28.8.